The minimum atomic E-state index is -0.281. The molecule has 22 heavy (non-hydrogen) atoms. The molecule has 0 bridgehead atoms. The lowest BCUT2D eigenvalue weighted by molar-refractivity contribution is -0.120. The van der Waals surface area contributed by atoms with Crippen LogP contribution in [0.15, 0.2) is 53.0 Å². The number of hydrogen-bond acceptors (Lipinski definition) is 2. The van der Waals surface area contributed by atoms with Gasteiger partial charge in [-0.15, -0.1) is 0 Å². The summed E-state index contributed by atoms with van der Waals surface area (Å²) in [4.78, 5) is 25.3. The van der Waals surface area contributed by atoms with Gasteiger partial charge in [-0.05, 0) is 52.3 Å². The van der Waals surface area contributed by atoms with Gasteiger partial charge < -0.3 is 10.2 Å². The third-order valence-electron chi connectivity index (χ3n) is 2.97. The molecular weight excluding hydrogens is 368 g/mol. The van der Waals surface area contributed by atoms with Gasteiger partial charge in [0.25, 0.3) is 0 Å². The lowest BCUT2D eigenvalue weighted by Crippen LogP contribution is -2.36. The molecule has 0 saturated heterocycles. The largest absolute Gasteiger partial charge is 0.324 e. The van der Waals surface area contributed by atoms with Crippen molar-refractivity contribution in [3.8, 4) is 0 Å². The topological polar surface area (TPSA) is 49.4 Å². The van der Waals surface area contributed by atoms with Gasteiger partial charge >= 0.3 is 0 Å². The molecule has 0 aliphatic carbocycles. The van der Waals surface area contributed by atoms with E-state index < -0.39 is 0 Å². The molecule has 114 valence electrons. The first-order valence-electron chi connectivity index (χ1n) is 6.55. The maximum Gasteiger partial charge on any atom is 0.244 e. The fourth-order valence-electron chi connectivity index (χ4n) is 1.90. The van der Waals surface area contributed by atoms with Gasteiger partial charge in [-0.25, -0.2) is 0 Å². The van der Waals surface area contributed by atoms with Crippen LogP contribution in [0.1, 0.15) is 6.92 Å². The van der Waals surface area contributed by atoms with E-state index in [0.29, 0.717) is 16.4 Å². The minimum absolute atomic E-state index is 0.0711. The van der Waals surface area contributed by atoms with E-state index in [0.717, 1.165) is 4.47 Å². The monoisotopic (exact) mass is 380 g/mol. The number of anilines is 2. The summed E-state index contributed by atoms with van der Waals surface area (Å²) >= 11 is 9.20. The lowest BCUT2D eigenvalue weighted by atomic mass is 10.2. The summed E-state index contributed by atoms with van der Waals surface area (Å²) in [7, 11) is 0. The predicted molar refractivity (Wildman–Crippen MR) is 92.3 cm³/mol. The molecule has 0 saturated carbocycles. The van der Waals surface area contributed by atoms with Crippen molar-refractivity contribution in [2.24, 2.45) is 0 Å². The fourth-order valence-corrected chi connectivity index (χ4v) is 2.41. The van der Waals surface area contributed by atoms with E-state index >= 15 is 0 Å². The van der Waals surface area contributed by atoms with Crippen molar-refractivity contribution in [1.29, 1.82) is 0 Å². The number of rotatable bonds is 4. The van der Waals surface area contributed by atoms with Gasteiger partial charge in [-0.3, -0.25) is 9.59 Å². The second-order valence-electron chi connectivity index (χ2n) is 4.61. The van der Waals surface area contributed by atoms with Crippen LogP contribution in [-0.4, -0.2) is 18.4 Å². The van der Waals surface area contributed by atoms with Crippen LogP contribution in [0.25, 0.3) is 0 Å². The molecular formula is C16H14BrClN2O2. The molecule has 2 amide bonds. The predicted octanol–water partition coefficient (Wildman–Crippen LogP) is 4.09. The smallest absolute Gasteiger partial charge is 0.244 e. The number of hydrogen-bond donors (Lipinski definition) is 1. The number of carbonyl (C=O) groups is 2. The molecule has 0 aromatic heterocycles. The molecule has 0 unspecified atom stereocenters. The Kier molecular flexibility index (Phi) is 5.57. The highest BCUT2D eigenvalue weighted by atomic mass is 79.9. The number of nitrogens with one attached hydrogen (secondary N) is 1. The Balaban J connectivity index is 2.11. The third-order valence-corrected chi connectivity index (χ3v) is 3.91. The summed E-state index contributed by atoms with van der Waals surface area (Å²) in [6, 6.07) is 14.1. The first kappa shape index (κ1) is 16.5. The molecule has 0 atom stereocenters. The highest BCUT2D eigenvalue weighted by Crippen LogP contribution is 2.22. The Morgan fingerprint density at radius 2 is 1.77 bits per heavy atom. The van der Waals surface area contributed by atoms with Crippen molar-refractivity contribution in [3.05, 3.63) is 58.0 Å². The van der Waals surface area contributed by atoms with E-state index in [1.165, 1.54) is 11.8 Å². The van der Waals surface area contributed by atoms with Crippen LogP contribution in [0.4, 0.5) is 11.4 Å². The summed E-state index contributed by atoms with van der Waals surface area (Å²) in [5.74, 6) is -0.498. The number of amides is 2. The summed E-state index contributed by atoms with van der Waals surface area (Å²) in [5.41, 5.74) is 1.28. The first-order chi connectivity index (χ1) is 10.5. The molecule has 0 aliphatic heterocycles. The molecule has 1 N–H and O–H groups in total. The molecule has 0 radical (unpaired) electrons. The summed E-state index contributed by atoms with van der Waals surface area (Å²) in [6.45, 7) is 1.35. The van der Waals surface area contributed by atoms with Gasteiger partial charge in [-0.1, -0.05) is 23.7 Å². The normalized spacial score (nSPS) is 10.1. The number of halogens is 2. The molecule has 4 nitrogen and oxygen atoms in total. The van der Waals surface area contributed by atoms with Crippen LogP contribution in [0.5, 0.6) is 0 Å². The average Bonchev–Trinajstić information content (AvgIpc) is 2.48. The quantitative estimate of drug-likeness (QED) is 0.867. The average molecular weight is 382 g/mol. The molecule has 0 aliphatic rings. The zero-order chi connectivity index (χ0) is 16.1. The van der Waals surface area contributed by atoms with E-state index in [-0.39, 0.29) is 18.4 Å². The van der Waals surface area contributed by atoms with Crippen molar-refractivity contribution >= 4 is 50.7 Å². The highest BCUT2D eigenvalue weighted by Gasteiger charge is 2.16. The van der Waals surface area contributed by atoms with Crippen LogP contribution in [0.3, 0.4) is 0 Å². The number of benzene rings is 2. The molecule has 2 aromatic rings. The summed E-state index contributed by atoms with van der Waals surface area (Å²) < 4.78 is 0.782. The maximum absolute atomic E-state index is 12.2. The molecule has 2 aromatic carbocycles. The van der Waals surface area contributed by atoms with E-state index in [1.54, 1.807) is 30.3 Å². The Morgan fingerprint density at radius 3 is 2.36 bits per heavy atom. The van der Waals surface area contributed by atoms with Crippen LogP contribution < -0.4 is 10.2 Å². The van der Waals surface area contributed by atoms with E-state index in [1.807, 2.05) is 18.2 Å². The van der Waals surface area contributed by atoms with Crippen molar-refractivity contribution in [2.75, 3.05) is 16.8 Å². The van der Waals surface area contributed by atoms with Crippen molar-refractivity contribution in [2.45, 2.75) is 6.92 Å². The first-order valence-corrected chi connectivity index (χ1v) is 7.72. The van der Waals surface area contributed by atoms with E-state index in [9.17, 15) is 9.59 Å². The fraction of sp³-hybridized carbons (Fsp3) is 0.125. The van der Waals surface area contributed by atoms with Gasteiger partial charge in [0.2, 0.25) is 11.8 Å². The Morgan fingerprint density at radius 1 is 1.14 bits per heavy atom. The van der Waals surface area contributed by atoms with Crippen LogP contribution in [-0.2, 0) is 9.59 Å². The third kappa shape index (κ3) is 4.32. The standard InChI is InChI=1S/C16H14BrClN2O2/c1-11(21)20(13-8-6-12(18)7-9-13)10-16(22)19-15-5-3-2-4-14(15)17/h2-9H,10H2,1H3,(H,19,22). The molecule has 2 rings (SSSR count). The van der Waals surface area contributed by atoms with Gasteiger partial charge in [-0.2, -0.15) is 0 Å². The molecule has 0 heterocycles. The summed E-state index contributed by atoms with van der Waals surface area (Å²) in [6.07, 6.45) is 0. The zero-order valence-corrected chi connectivity index (χ0v) is 14.2. The summed E-state index contributed by atoms with van der Waals surface area (Å²) in [5, 5.41) is 3.34. The van der Waals surface area contributed by atoms with Crippen LogP contribution >= 0.6 is 27.5 Å². The van der Waals surface area contributed by atoms with Crippen LogP contribution in [0.2, 0.25) is 5.02 Å². The SMILES string of the molecule is CC(=O)N(CC(=O)Nc1ccccc1Br)c1ccc(Cl)cc1. The van der Waals surface area contributed by atoms with Gasteiger partial charge in [0.1, 0.15) is 6.54 Å². The minimum Gasteiger partial charge on any atom is -0.324 e. The lowest BCUT2D eigenvalue weighted by Gasteiger charge is -2.21. The second kappa shape index (κ2) is 7.42. The number of para-hydroxylation sites is 1. The molecule has 6 heteroatoms. The zero-order valence-electron chi connectivity index (χ0n) is 11.8. The van der Waals surface area contributed by atoms with Gasteiger partial charge in [0, 0.05) is 22.1 Å². The van der Waals surface area contributed by atoms with E-state index in [4.69, 9.17) is 11.6 Å². The Bertz CT molecular complexity index is 689. The second-order valence-corrected chi connectivity index (χ2v) is 5.90. The molecule has 0 fully saturated rings. The van der Waals surface area contributed by atoms with Gasteiger partial charge in [0.05, 0.1) is 5.69 Å². The van der Waals surface area contributed by atoms with Crippen molar-refractivity contribution in [3.63, 3.8) is 0 Å². The Labute approximate surface area is 142 Å². The van der Waals surface area contributed by atoms with Crippen molar-refractivity contribution < 1.29 is 9.59 Å². The van der Waals surface area contributed by atoms with E-state index in [2.05, 4.69) is 21.2 Å². The number of nitrogens with zero attached hydrogens (tertiary/aromatic N) is 1. The Hall–Kier alpha value is -1.85. The van der Waals surface area contributed by atoms with Gasteiger partial charge in [0.15, 0.2) is 0 Å². The highest BCUT2D eigenvalue weighted by molar-refractivity contribution is 9.10. The maximum atomic E-state index is 12.2. The van der Waals surface area contributed by atoms with Crippen LogP contribution in [0, 0.1) is 0 Å². The number of carbonyl (C=O) groups excluding carboxylic acids is 2. The van der Waals surface area contributed by atoms with Crippen molar-refractivity contribution in [1.82, 2.24) is 0 Å². The molecule has 0 spiro atoms.